The number of aliphatic hydroxyl groups is 1. The quantitative estimate of drug-likeness (QED) is 0.858. The predicted molar refractivity (Wildman–Crippen MR) is 92.4 cm³/mol. The van der Waals surface area contributed by atoms with Crippen molar-refractivity contribution >= 4 is 6.03 Å². The van der Waals surface area contributed by atoms with Gasteiger partial charge in [0.2, 0.25) is 0 Å². The predicted octanol–water partition coefficient (Wildman–Crippen LogP) is 2.66. The largest absolute Gasteiger partial charge is 0.396 e. The molecule has 1 atom stereocenters. The van der Waals surface area contributed by atoms with E-state index in [4.69, 9.17) is 5.11 Å². The molecule has 126 valence electrons. The van der Waals surface area contributed by atoms with Crippen molar-refractivity contribution in [2.75, 3.05) is 13.2 Å². The molecular formula is C19H23N3O2. The van der Waals surface area contributed by atoms with Gasteiger partial charge in [-0.3, -0.25) is 4.98 Å². The number of carbonyl (C=O) groups is 1. The van der Waals surface area contributed by atoms with Crippen molar-refractivity contribution < 1.29 is 9.90 Å². The Labute approximate surface area is 142 Å². The third-order valence-corrected chi connectivity index (χ3v) is 4.43. The van der Waals surface area contributed by atoms with E-state index in [1.165, 1.54) is 11.1 Å². The number of nitrogens with zero attached hydrogens (tertiary/aromatic N) is 2. The van der Waals surface area contributed by atoms with E-state index in [0.29, 0.717) is 19.5 Å². The summed E-state index contributed by atoms with van der Waals surface area (Å²) in [6.07, 6.45) is 5.96. The highest BCUT2D eigenvalue weighted by molar-refractivity contribution is 5.75. The second-order valence-electron chi connectivity index (χ2n) is 6.09. The van der Waals surface area contributed by atoms with Crippen molar-refractivity contribution in [2.45, 2.75) is 31.8 Å². The minimum Gasteiger partial charge on any atom is -0.396 e. The standard InChI is InChI=1S/C19H23N3O2/c23-13-3-12-22(14-15-8-10-20-11-9-15)19(24)21-18-7-6-16-4-1-2-5-17(16)18/h1-2,4-5,8-11,18,23H,3,6-7,12-14H2,(H,21,24)/t18-/m1/s1. The molecule has 2 amide bonds. The van der Waals surface area contributed by atoms with Gasteiger partial charge in [0.05, 0.1) is 6.04 Å². The molecule has 0 aliphatic heterocycles. The topological polar surface area (TPSA) is 65.5 Å². The first-order chi connectivity index (χ1) is 11.8. The van der Waals surface area contributed by atoms with E-state index in [0.717, 1.165) is 18.4 Å². The molecule has 2 N–H and O–H groups in total. The van der Waals surface area contributed by atoms with E-state index in [2.05, 4.69) is 22.4 Å². The van der Waals surface area contributed by atoms with Crippen LogP contribution in [-0.4, -0.2) is 34.2 Å². The molecule has 3 rings (SSSR count). The highest BCUT2D eigenvalue weighted by Gasteiger charge is 2.25. The van der Waals surface area contributed by atoms with Crippen LogP contribution in [0.1, 0.15) is 35.6 Å². The third kappa shape index (κ3) is 3.92. The summed E-state index contributed by atoms with van der Waals surface area (Å²) in [5.41, 5.74) is 3.57. The van der Waals surface area contributed by atoms with Gasteiger partial charge in [0, 0.05) is 32.1 Å². The van der Waals surface area contributed by atoms with Crippen LogP contribution in [0.3, 0.4) is 0 Å². The molecule has 1 aromatic carbocycles. The average Bonchev–Trinajstić information content (AvgIpc) is 3.02. The Morgan fingerprint density at radius 3 is 2.83 bits per heavy atom. The third-order valence-electron chi connectivity index (χ3n) is 4.43. The lowest BCUT2D eigenvalue weighted by atomic mass is 10.1. The van der Waals surface area contributed by atoms with Crippen molar-refractivity contribution in [2.24, 2.45) is 0 Å². The summed E-state index contributed by atoms with van der Waals surface area (Å²) in [6.45, 7) is 1.12. The fourth-order valence-corrected chi connectivity index (χ4v) is 3.17. The van der Waals surface area contributed by atoms with Crippen LogP contribution in [0.15, 0.2) is 48.8 Å². The number of hydrogen-bond donors (Lipinski definition) is 2. The fraction of sp³-hybridized carbons (Fsp3) is 0.368. The lowest BCUT2D eigenvalue weighted by molar-refractivity contribution is 0.183. The zero-order chi connectivity index (χ0) is 16.8. The van der Waals surface area contributed by atoms with Gasteiger partial charge < -0.3 is 15.3 Å². The van der Waals surface area contributed by atoms with Crippen LogP contribution in [-0.2, 0) is 13.0 Å². The molecule has 0 spiro atoms. The van der Waals surface area contributed by atoms with E-state index in [9.17, 15) is 4.79 Å². The van der Waals surface area contributed by atoms with E-state index in [-0.39, 0.29) is 18.7 Å². The number of aryl methyl sites for hydroxylation is 1. The Hall–Kier alpha value is -2.40. The zero-order valence-electron chi connectivity index (χ0n) is 13.7. The van der Waals surface area contributed by atoms with Gasteiger partial charge in [-0.1, -0.05) is 24.3 Å². The summed E-state index contributed by atoms with van der Waals surface area (Å²) < 4.78 is 0. The minimum atomic E-state index is -0.0815. The smallest absolute Gasteiger partial charge is 0.318 e. The molecule has 1 aliphatic carbocycles. The molecule has 2 aromatic rings. The lowest BCUT2D eigenvalue weighted by Crippen LogP contribution is -2.41. The number of aliphatic hydroxyl groups excluding tert-OH is 1. The number of hydrogen-bond acceptors (Lipinski definition) is 3. The van der Waals surface area contributed by atoms with Gasteiger partial charge in [0.15, 0.2) is 0 Å². The van der Waals surface area contributed by atoms with Crippen LogP contribution in [0.2, 0.25) is 0 Å². The normalized spacial score (nSPS) is 15.8. The molecule has 5 nitrogen and oxygen atoms in total. The van der Waals surface area contributed by atoms with Crippen LogP contribution in [0, 0.1) is 0 Å². The maximum Gasteiger partial charge on any atom is 0.318 e. The number of pyridine rings is 1. The second-order valence-corrected chi connectivity index (χ2v) is 6.09. The average molecular weight is 325 g/mol. The van der Waals surface area contributed by atoms with E-state index in [1.807, 2.05) is 24.3 Å². The van der Waals surface area contributed by atoms with Gasteiger partial charge in [0.25, 0.3) is 0 Å². The molecule has 5 heteroatoms. The molecule has 24 heavy (non-hydrogen) atoms. The van der Waals surface area contributed by atoms with E-state index >= 15 is 0 Å². The number of carbonyl (C=O) groups excluding carboxylic acids is 1. The van der Waals surface area contributed by atoms with Crippen LogP contribution in [0.25, 0.3) is 0 Å². The highest BCUT2D eigenvalue weighted by Crippen LogP contribution is 2.30. The lowest BCUT2D eigenvalue weighted by Gasteiger charge is -2.25. The summed E-state index contributed by atoms with van der Waals surface area (Å²) in [7, 11) is 0. The molecule has 0 bridgehead atoms. The van der Waals surface area contributed by atoms with Crippen molar-refractivity contribution in [1.29, 1.82) is 0 Å². The second kappa shape index (κ2) is 7.93. The SMILES string of the molecule is O=C(N[C@@H]1CCc2ccccc21)N(CCCO)Cc1ccncc1. The summed E-state index contributed by atoms with van der Waals surface area (Å²) in [5, 5.41) is 12.3. The molecule has 0 saturated heterocycles. The summed E-state index contributed by atoms with van der Waals surface area (Å²) in [5.74, 6) is 0. The van der Waals surface area contributed by atoms with Crippen LogP contribution in [0.4, 0.5) is 4.79 Å². The minimum absolute atomic E-state index is 0.0720. The number of aromatic nitrogens is 1. The van der Waals surface area contributed by atoms with Crippen molar-refractivity contribution in [3.8, 4) is 0 Å². The van der Waals surface area contributed by atoms with Crippen LogP contribution >= 0.6 is 0 Å². The number of nitrogens with one attached hydrogen (secondary N) is 1. The van der Waals surface area contributed by atoms with Gasteiger partial charge >= 0.3 is 6.03 Å². The molecule has 0 saturated carbocycles. The number of amides is 2. The van der Waals surface area contributed by atoms with Crippen LogP contribution in [0.5, 0.6) is 0 Å². The Morgan fingerprint density at radius 2 is 2.04 bits per heavy atom. The highest BCUT2D eigenvalue weighted by atomic mass is 16.3. The Balaban J connectivity index is 1.67. The molecular weight excluding hydrogens is 302 g/mol. The first-order valence-corrected chi connectivity index (χ1v) is 8.41. The van der Waals surface area contributed by atoms with Gasteiger partial charge in [0.1, 0.15) is 0 Å². The summed E-state index contributed by atoms with van der Waals surface area (Å²) >= 11 is 0. The van der Waals surface area contributed by atoms with Crippen molar-refractivity contribution in [3.63, 3.8) is 0 Å². The van der Waals surface area contributed by atoms with Gasteiger partial charge in [-0.2, -0.15) is 0 Å². The first-order valence-electron chi connectivity index (χ1n) is 8.41. The van der Waals surface area contributed by atoms with Gasteiger partial charge in [-0.05, 0) is 48.1 Å². The number of urea groups is 1. The van der Waals surface area contributed by atoms with E-state index < -0.39 is 0 Å². The molecule has 0 radical (unpaired) electrons. The van der Waals surface area contributed by atoms with E-state index in [1.54, 1.807) is 17.3 Å². The zero-order valence-corrected chi connectivity index (χ0v) is 13.7. The number of fused-ring (bicyclic) bond motifs is 1. The maximum absolute atomic E-state index is 12.7. The Bertz CT molecular complexity index is 675. The molecule has 1 heterocycles. The van der Waals surface area contributed by atoms with Gasteiger partial charge in [-0.15, -0.1) is 0 Å². The molecule has 0 fully saturated rings. The number of benzene rings is 1. The summed E-state index contributed by atoms with van der Waals surface area (Å²) in [6, 6.07) is 12.1. The van der Waals surface area contributed by atoms with Crippen molar-refractivity contribution in [3.05, 3.63) is 65.5 Å². The molecule has 1 aliphatic rings. The number of rotatable bonds is 6. The molecule has 1 aromatic heterocycles. The van der Waals surface area contributed by atoms with Crippen molar-refractivity contribution in [1.82, 2.24) is 15.2 Å². The van der Waals surface area contributed by atoms with Crippen LogP contribution < -0.4 is 5.32 Å². The Morgan fingerprint density at radius 1 is 1.25 bits per heavy atom. The Kier molecular flexibility index (Phi) is 5.43. The van der Waals surface area contributed by atoms with Gasteiger partial charge in [-0.25, -0.2) is 4.79 Å². The molecule has 0 unspecified atom stereocenters. The maximum atomic E-state index is 12.7. The monoisotopic (exact) mass is 325 g/mol. The fourth-order valence-electron chi connectivity index (χ4n) is 3.17. The first kappa shape index (κ1) is 16.5. The summed E-state index contributed by atoms with van der Waals surface area (Å²) in [4.78, 5) is 18.5.